The highest BCUT2D eigenvalue weighted by Gasteiger charge is 2.31. The van der Waals surface area contributed by atoms with Crippen LogP contribution in [0.5, 0.6) is 0 Å². The molecule has 0 bridgehead atoms. The average Bonchev–Trinajstić information content (AvgIpc) is 2.57. The van der Waals surface area contributed by atoms with Crippen LogP contribution in [-0.4, -0.2) is 42.0 Å². The van der Waals surface area contributed by atoms with Crippen molar-refractivity contribution in [1.82, 2.24) is 10.2 Å². The second-order valence-corrected chi connectivity index (χ2v) is 6.05. The lowest BCUT2D eigenvalue weighted by Crippen LogP contribution is -2.52. The third kappa shape index (κ3) is 3.31. The molecule has 0 spiro atoms. The van der Waals surface area contributed by atoms with Crippen molar-refractivity contribution in [2.75, 3.05) is 20.1 Å². The van der Waals surface area contributed by atoms with Crippen molar-refractivity contribution in [2.45, 2.75) is 6.54 Å². The minimum absolute atomic E-state index is 0.0942. The standard InChI is InChI=1S/C19H20N2O3/c1-20-18(22)15-11-21(12-15)10-13-6-8-14(9-7-13)16-4-2-3-5-17(16)19(23)24/h2-9,15H,10-12H2,1H3,(H,20,22)(H,23,24). The maximum Gasteiger partial charge on any atom is 0.336 e. The van der Waals surface area contributed by atoms with Gasteiger partial charge in [0.2, 0.25) is 5.91 Å². The van der Waals surface area contributed by atoms with Crippen molar-refractivity contribution in [1.29, 1.82) is 0 Å². The van der Waals surface area contributed by atoms with Crippen molar-refractivity contribution < 1.29 is 14.7 Å². The molecule has 24 heavy (non-hydrogen) atoms. The van der Waals surface area contributed by atoms with Crippen molar-refractivity contribution >= 4 is 11.9 Å². The molecule has 1 heterocycles. The van der Waals surface area contributed by atoms with Gasteiger partial charge >= 0.3 is 5.97 Å². The van der Waals surface area contributed by atoms with E-state index in [4.69, 9.17) is 0 Å². The number of carbonyl (C=O) groups excluding carboxylic acids is 1. The van der Waals surface area contributed by atoms with Gasteiger partial charge in [0.05, 0.1) is 11.5 Å². The van der Waals surface area contributed by atoms with Gasteiger partial charge in [0, 0.05) is 26.7 Å². The van der Waals surface area contributed by atoms with Gasteiger partial charge in [-0.3, -0.25) is 9.69 Å². The van der Waals surface area contributed by atoms with Crippen molar-refractivity contribution in [2.24, 2.45) is 5.92 Å². The Morgan fingerprint density at radius 3 is 2.42 bits per heavy atom. The SMILES string of the molecule is CNC(=O)C1CN(Cc2ccc(-c3ccccc3C(=O)O)cc2)C1. The summed E-state index contributed by atoms with van der Waals surface area (Å²) in [6.45, 7) is 2.36. The van der Waals surface area contributed by atoms with Gasteiger partial charge in [-0.1, -0.05) is 42.5 Å². The van der Waals surface area contributed by atoms with Crippen molar-refractivity contribution in [3.8, 4) is 11.1 Å². The highest BCUT2D eigenvalue weighted by molar-refractivity contribution is 5.95. The lowest BCUT2D eigenvalue weighted by molar-refractivity contribution is -0.129. The van der Waals surface area contributed by atoms with Crippen LogP contribution in [0.1, 0.15) is 15.9 Å². The first-order valence-corrected chi connectivity index (χ1v) is 7.94. The Kier molecular flexibility index (Phi) is 4.62. The molecule has 1 amide bonds. The lowest BCUT2D eigenvalue weighted by Gasteiger charge is -2.38. The Bertz CT molecular complexity index is 749. The van der Waals surface area contributed by atoms with Crippen LogP contribution in [0.25, 0.3) is 11.1 Å². The first-order valence-electron chi connectivity index (χ1n) is 7.94. The molecule has 5 nitrogen and oxygen atoms in total. The molecule has 3 rings (SSSR count). The van der Waals surface area contributed by atoms with E-state index in [2.05, 4.69) is 10.2 Å². The molecular formula is C19H20N2O3. The average molecular weight is 324 g/mol. The molecule has 0 unspecified atom stereocenters. The van der Waals surface area contributed by atoms with E-state index >= 15 is 0 Å². The molecule has 2 N–H and O–H groups in total. The number of nitrogens with one attached hydrogen (secondary N) is 1. The third-order valence-electron chi connectivity index (χ3n) is 4.40. The number of likely N-dealkylation sites (tertiary alicyclic amines) is 1. The number of hydrogen-bond acceptors (Lipinski definition) is 3. The van der Waals surface area contributed by atoms with Crippen LogP contribution in [-0.2, 0) is 11.3 Å². The number of carboxylic acid groups (broad SMARTS) is 1. The molecule has 5 heteroatoms. The number of carbonyl (C=O) groups is 2. The van der Waals surface area contributed by atoms with E-state index in [0.29, 0.717) is 5.56 Å². The molecule has 0 atom stereocenters. The fraction of sp³-hybridized carbons (Fsp3) is 0.263. The molecule has 2 aromatic rings. The Morgan fingerprint density at radius 2 is 1.79 bits per heavy atom. The molecule has 1 aliphatic heterocycles. The smallest absolute Gasteiger partial charge is 0.336 e. The Morgan fingerprint density at radius 1 is 1.12 bits per heavy atom. The zero-order chi connectivity index (χ0) is 17.1. The molecule has 2 aromatic carbocycles. The quantitative estimate of drug-likeness (QED) is 0.885. The van der Waals surface area contributed by atoms with E-state index in [-0.39, 0.29) is 11.8 Å². The summed E-state index contributed by atoms with van der Waals surface area (Å²) in [5.74, 6) is -0.723. The summed E-state index contributed by atoms with van der Waals surface area (Å²) in [4.78, 5) is 25.0. The summed E-state index contributed by atoms with van der Waals surface area (Å²) in [5.41, 5.74) is 3.08. The van der Waals surface area contributed by atoms with E-state index < -0.39 is 5.97 Å². The van der Waals surface area contributed by atoms with Crippen LogP contribution in [0, 0.1) is 5.92 Å². The van der Waals surface area contributed by atoms with E-state index in [1.807, 2.05) is 36.4 Å². The minimum Gasteiger partial charge on any atom is -0.478 e. The molecular weight excluding hydrogens is 304 g/mol. The van der Waals surface area contributed by atoms with Crippen LogP contribution >= 0.6 is 0 Å². The number of carboxylic acids is 1. The lowest BCUT2D eigenvalue weighted by atomic mass is 9.96. The van der Waals surface area contributed by atoms with E-state index in [9.17, 15) is 14.7 Å². The number of aromatic carboxylic acids is 1. The summed E-state index contributed by atoms with van der Waals surface area (Å²) in [5, 5.41) is 12.0. The number of nitrogens with zero attached hydrogens (tertiary/aromatic N) is 1. The van der Waals surface area contributed by atoms with Crippen molar-refractivity contribution in [3.05, 3.63) is 59.7 Å². The third-order valence-corrected chi connectivity index (χ3v) is 4.40. The predicted octanol–water partition coefficient (Wildman–Crippen LogP) is 2.23. The maximum atomic E-state index is 11.5. The molecule has 1 aliphatic rings. The number of benzene rings is 2. The summed E-state index contributed by atoms with van der Waals surface area (Å²) in [7, 11) is 1.67. The van der Waals surface area contributed by atoms with Gasteiger partial charge in [0.1, 0.15) is 0 Å². The number of rotatable bonds is 5. The van der Waals surface area contributed by atoms with E-state index in [0.717, 1.165) is 36.3 Å². The fourth-order valence-electron chi connectivity index (χ4n) is 3.04. The zero-order valence-electron chi connectivity index (χ0n) is 13.5. The molecule has 0 saturated carbocycles. The van der Waals surface area contributed by atoms with Gasteiger partial charge in [-0.25, -0.2) is 4.79 Å². The minimum atomic E-state index is -0.921. The Labute approximate surface area is 140 Å². The largest absolute Gasteiger partial charge is 0.478 e. The second-order valence-electron chi connectivity index (χ2n) is 6.05. The van der Waals surface area contributed by atoms with Crippen LogP contribution in [0.15, 0.2) is 48.5 Å². The monoisotopic (exact) mass is 324 g/mol. The highest BCUT2D eigenvalue weighted by Crippen LogP contribution is 2.25. The normalized spacial score (nSPS) is 14.9. The summed E-state index contributed by atoms with van der Waals surface area (Å²) >= 11 is 0. The van der Waals surface area contributed by atoms with Crippen LogP contribution in [0.4, 0.5) is 0 Å². The van der Waals surface area contributed by atoms with Gasteiger partial charge in [0.15, 0.2) is 0 Å². The second kappa shape index (κ2) is 6.84. The van der Waals surface area contributed by atoms with E-state index in [1.54, 1.807) is 19.2 Å². The summed E-state index contributed by atoms with van der Waals surface area (Å²) < 4.78 is 0. The zero-order valence-corrected chi connectivity index (χ0v) is 13.5. The van der Waals surface area contributed by atoms with Crippen LogP contribution < -0.4 is 5.32 Å². The van der Waals surface area contributed by atoms with Gasteiger partial charge in [0.25, 0.3) is 0 Å². The number of hydrogen-bond donors (Lipinski definition) is 2. The van der Waals surface area contributed by atoms with Crippen molar-refractivity contribution in [3.63, 3.8) is 0 Å². The first kappa shape index (κ1) is 16.2. The molecule has 124 valence electrons. The molecule has 0 aromatic heterocycles. The molecule has 0 aliphatic carbocycles. The summed E-state index contributed by atoms with van der Waals surface area (Å²) in [6, 6.07) is 14.9. The van der Waals surface area contributed by atoms with Gasteiger partial charge in [-0.2, -0.15) is 0 Å². The van der Waals surface area contributed by atoms with E-state index in [1.165, 1.54) is 0 Å². The Hall–Kier alpha value is -2.66. The van der Waals surface area contributed by atoms with Crippen LogP contribution in [0.3, 0.4) is 0 Å². The molecule has 0 radical (unpaired) electrons. The number of amides is 1. The van der Waals surface area contributed by atoms with Gasteiger partial charge in [-0.15, -0.1) is 0 Å². The maximum absolute atomic E-state index is 11.5. The first-order chi connectivity index (χ1) is 11.6. The van der Waals surface area contributed by atoms with Gasteiger partial charge < -0.3 is 10.4 Å². The molecule has 1 fully saturated rings. The molecule has 1 saturated heterocycles. The van der Waals surface area contributed by atoms with Crippen LogP contribution in [0.2, 0.25) is 0 Å². The van der Waals surface area contributed by atoms with Gasteiger partial charge in [-0.05, 0) is 22.8 Å². The highest BCUT2D eigenvalue weighted by atomic mass is 16.4. The Balaban J connectivity index is 1.67. The summed E-state index contributed by atoms with van der Waals surface area (Å²) in [6.07, 6.45) is 0. The fourth-order valence-corrected chi connectivity index (χ4v) is 3.04. The predicted molar refractivity (Wildman–Crippen MR) is 91.7 cm³/mol. The topological polar surface area (TPSA) is 69.6 Å².